The van der Waals surface area contributed by atoms with Crippen molar-refractivity contribution in [2.45, 2.75) is 29.1 Å². The zero-order valence-electron chi connectivity index (χ0n) is 19.8. The number of carbonyl (C=O) groups is 1. The summed E-state index contributed by atoms with van der Waals surface area (Å²) in [5.41, 5.74) is -0.400. The monoisotopic (exact) mass is 561 g/mol. The molecule has 0 N–H and O–H groups in total. The van der Waals surface area contributed by atoms with Crippen molar-refractivity contribution in [1.29, 1.82) is 0 Å². The third-order valence-corrected chi connectivity index (χ3v) is 7.58. The van der Waals surface area contributed by atoms with Crippen molar-refractivity contribution >= 4 is 27.8 Å². The first-order chi connectivity index (χ1) is 18.1. The van der Waals surface area contributed by atoms with Crippen molar-refractivity contribution in [3.8, 4) is 5.75 Å². The summed E-state index contributed by atoms with van der Waals surface area (Å²) in [4.78, 5) is 15.0. The summed E-state index contributed by atoms with van der Waals surface area (Å²) in [7, 11) is -4.49. The van der Waals surface area contributed by atoms with Crippen LogP contribution in [0.4, 0.5) is 13.2 Å². The maximum absolute atomic E-state index is 13.0. The Morgan fingerprint density at radius 2 is 1.63 bits per heavy atom. The number of halogens is 3. The van der Waals surface area contributed by atoms with Gasteiger partial charge in [0.1, 0.15) is 16.4 Å². The van der Waals surface area contributed by atoms with E-state index in [-0.39, 0.29) is 30.5 Å². The summed E-state index contributed by atoms with van der Waals surface area (Å²) in [6.45, 7) is 0.457. The lowest BCUT2D eigenvalue weighted by molar-refractivity contribution is -0.137. The zero-order chi connectivity index (χ0) is 27.2. The molecule has 0 unspecified atom stereocenters. The van der Waals surface area contributed by atoms with E-state index < -0.39 is 26.8 Å². The number of carbonyl (C=O) groups excluding carboxylic acids is 1. The fourth-order valence-corrected chi connectivity index (χ4v) is 5.25. The number of nitrogens with zero attached hydrogens (tertiary/aromatic N) is 1. The number of furan rings is 1. The first kappa shape index (κ1) is 27.3. The Hall–Kier alpha value is -3.70. The number of hydrogen-bond donors (Lipinski definition) is 0. The molecule has 1 amide bonds. The molecule has 1 aromatic heterocycles. The minimum atomic E-state index is -4.69. The van der Waals surface area contributed by atoms with Gasteiger partial charge in [-0.05, 0) is 60.2 Å². The molecule has 1 heterocycles. The van der Waals surface area contributed by atoms with Gasteiger partial charge >= 0.3 is 16.3 Å². The highest BCUT2D eigenvalue weighted by atomic mass is 32.2. The van der Waals surface area contributed by atoms with Gasteiger partial charge in [0.25, 0.3) is 0 Å². The standard InChI is InChI=1S/C27H22F3NO5S2/c28-27(29,30)21-6-4-10-25(16-21)38(33,34)36-22-13-11-20(12-14-22)17-31(18-23-7-5-15-35-23)26(32)19-37-24-8-2-1-3-9-24/h1-16H,17-19H2. The number of thioether (sulfide) groups is 1. The van der Waals surface area contributed by atoms with Gasteiger partial charge in [-0.25, -0.2) is 0 Å². The van der Waals surface area contributed by atoms with Crippen LogP contribution in [0.1, 0.15) is 16.9 Å². The molecule has 0 atom stereocenters. The quantitative estimate of drug-likeness (QED) is 0.165. The number of alkyl halides is 3. The van der Waals surface area contributed by atoms with Gasteiger partial charge in [0.05, 0.1) is 24.1 Å². The maximum atomic E-state index is 13.0. The molecule has 0 radical (unpaired) electrons. The molecule has 0 aliphatic carbocycles. The smallest absolute Gasteiger partial charge is 0.416 e. The molecule has 4 aromatic rings. The third kappa shape index (κ3) is 7.42. The van der Waals surface area contributed by atoms with Crippen LogP contribution in [0, 0.1) is 0 Å². The molecule has 38 heavy (non-hydrogen) atoms. The minimum absolute atomic E-state index is 0.0743. The van der Waals surface area contributed by atoms with Gasteiger partial charge in [0, 0.05) is 11.4 Å². The molecule has 4 rings (SSSR count). The molecule has 0 saturated heterocycles. The molecule has 198 valence electrons. The first-order valence-corrected chi connectivity index (χ1v) is 13.7. The summed E-state index contributed by atoms with van der Waals surface area (Å²) in [6.07, 6.45) is -3.17. The molecule has 0 fully saturated rings. The van der Waals surface area contributed by atoms with Gasteiger partial charge in [0.2, 0.25) is 5.91 Å². The topological polar surface area (TPSA) is 76.8 Å². The van der Waals surface area contributed by atoms with Crippen LogP contribution in [0.3, 0.4) is 0 Å². The van der Waals surface area contributed by atoms with E-state index in [1.54, 1.807) is 29.2 Å². The second-order valence-corrected chi connectivity index (χ2v) is 10.7. The summed E-state index contributed by atoms with van der Waals surface area (Å²) < 4.78 is 74.4. The molecule has 0 saturated carbocycles. The highest BCUT2D eigenvalue weighted by Crippen LogP contribution is 2.31. The van der Waals surface area contributed by atoms with Crippen LogP contribution in [0.25, 0.3) is 0 Å². The Bertz CT molecular complexity index is 1460. The maximum Gasteiger partial charge on any atom is 0.416 e. The van der Waals surface area contributed by atoms with Gasteiger partial charge in [-0.1, -0.05) is 36.4 Å². The van der Waals surface area contributed by atoms with E-state index in [0.29, 0.717) is 17.4 Å². The molecule has 0 bridgehead atoms. The summed E-state index contributed by atoms with van der Waals surface area (Å²) >= 11 is 1.41. The van der Waals surface area contributed by atoms with Crippen LogP contribution in [0.5, 0.6) is 5.75 Å². The van der Waals surface area contributed by atoms with Gasteiger partial charge in [-0.15, -0.1) is 11.8 Å². The van der Waals surface area contributed by atoms with E-state index in [9.17, 15) is 26.4 Å². The summed E-state index contributed by atoms with van der Waals surface area (Å²) in [6, 6.07) is 22.3. The summed E-state index contributed by atoms with van der Waals surface area (Å²) in [5, 5.41) is 0. The highest BCUT2D eigenvalue weighted by molar-refractivity contribution is 8.00. The zero-order valence-corrected chi connectivity index (χ0v) is 21.4. The van der Waals surface area contributed by atoms with Crippen LogP contribution in [0.2, 0.25) is 0 Å². The van der Waals surface area contributed by atoms with Crippen LogP contribution in [-0.2, 0) is 34.2 Å². The summed E-state index contributed by atoms with van der Waals surface area (Å²) in [5.74, 6) is 0.619. The number of hydrogen-bond acceptors (Lipinski definition) is 6. The normalized spacial score (nSPS) is 11.8. The van der Waals surface area contributed by atoms with Crippen molar-refractivity contribution in [3.63, 3.8) is 0 Å². The van der Waals surface area contributed by atoms with E-state index in [4.69, 9.17) is 8.60 Å². The fraction of sp³-hybridized carbons (Fsp3) is 0.148. The minimum Gasteiger partial charge on any atom is -0.467 e. The lowest BCUT2D eigenvalue weighted by Crippen LogP contribution is -2.31. The molecule has 0 aliphatic heterocycles. The highest BCUT2D eigenvalue weighted by Gasteiger charge is 2.32. The Morgan fingerprint density at radius 1 is 0.895 bits per heavy atom. The number of amides is 1. The molecule has 6 nitrogen and oxygen atoms in total. The van der Waals surface area contributed by atoms with Crippen molar-refractivity contribution in [2.75, 3.05) is 5.75 Å². The Kier molecular flexibility index (Phi) is 8.48. The largest absolute Gasteiger partial charge is 0.467 e. The van der Waals surface area contributed by atoms with Crippen molar-refractivity contribution in [2.24, 2.45) is 0 Å². The van der Waals surface area contributed by atoms with E-state index in [1.807, 2.05) is 30.3 Å². The Balaban J connectivity index is 1.45. The SMILES string of the molecule is O=C(CSc1ccccc1)N(Cc1ccc(OS(=O)(=O)c2cccc(C(F)(F)F)c2)cc1)Cc1ccco1. The lowest BCUT2D eigenvalue weighted by atomic mass is 10.2. The fourth-order valence-electron chi connectivity index (χ4n) is 3.45. The van der Waals surface area contributed by atoms with Gasteiger partial charge < -0.3 is 13.5 Å². The van der Waals surface area contributed by atoms with E-state index in [0.717, 1.165) is 23.1 Å². The molecule has 0 aliphatic rings. The third-order valence-electron chi connectivity index (χ3n) is 5.34. The Labute approximate surface area is 222 Å². The Morgan fingerprint density at radius 3 is 2.29 bits per heavy atom. The van der Waals surface area contributed by atoms with E-state index in [2.05, 4.69) is 0 Å². The average Bonchev–Trinajstić information content (AvgIpc) is 3.41. The van der Waals surface area contributed by atoms with Gasteiger partial charge in [0.15, 0.2) is 0 Å². The second-order valence-electron chi connectivity index (χ2n) is 8.14. The molecule has 11 heteroatoms. The van der Waals surface area contributed by atoms with Crippen LogP contribution >= 0.6 is 11.8 Å². The number of rotatable bonds is 10. The van der Waals surface area contributed by atoms with Crippen LogP contribution in [-0.4, -0.2) is 25.0 Å². The molecular weight excluding hydrogens is 539 g/mol. The molecular formula is C27H22F3NO5S2. The van der Waals surface area contributed by atoms with E-state index >= 15 is 0 Å². The predicted octanol–water partition coefficient (Wildman–Crippen LogP) is 6.39. The number of benzene rings is 3. The predicted molar refractivity (Wildman–Crippen MR) is 136 cm³/mol. The van der Waals surface area contributed by atoms with Crippen LogP contribution < -0.4 is 4.18 Å². The molecule has 0 spiro atoms. The first-order valence-electron chi connectivity index (χ1n) is 11.3. The van der Waals surface area contributed by atoms with Crippen molar-refractivity contribution in [3.05, 3.63) is 114 Å². The van der Waals surface area contributed by atoms with Crippen molar-refractivity contribution < 1.29 is 35.0 Å². The second kappa shape index (κ2) is 11.8. The molecule has 3 aromatic carbocycles. The van der Waals surface area contributed by atoms with Crippen molar-refractivity contribution in [1.82, 2.24) is 4.90 Å². The van der Waals surface area contributed by atoms with Crippen LogP contribution in [0.15, 0.2) is 111 Å². The van der Waals surface area contributed by atoms with E-state index in [1.165, 1.54) is 30.2 Å². The average molecular weight is 562 g/mol. The van der Waals surface area contributed by atoms with Gasteiger partial charge in [-0.2, -0.15) is 21.6 Å². The van der Waals surface area contributed by atoms with Gasteiger partial charge in [-0.3, -0.25) is 4.79 Å². The lowest BCUT2D eigenvalue weighted by Gasteiger charge is -2.22.